The standard InChI is InChI=1S/C24H26N2O5S/c1-23-9-6-14-31-22(30)18(23)17-20(28)26(12-13-27)19-21(29)25(11-5-10-24(17,19)32-23)15-16-7-3-2-4-8-16/h2-10,17-19,27H,11-15H2,1H3/t17-,18+,19?,23-,24-/m0/s1. The minimum Gasteiger partial charge on any atom is -0.461 e. The maximum absolute atomic E-state index is 13.9. The van der Waals surface area contributed by atoms with E-state index in [9.17, 15) is 19.5 Å². The minimum absolute atomic E-state index is 0.0510. The van der Waals surface area contributed by atoms with Crippen LogP contribution in [-0.2, 0) is 25.7 Å². The lowest BCUT2D eigenvalue weighted by Crippen LogP contribution is -2.53. The van der Waals surface area contributed by atoms with Crippen LogP contribution in [0.25, 0.3) is 0 Å². The second-order valence-electron chi connectivity index (χ2n) is 8.89. The summed E-state index contributed by atoms with van der Waals surface area (Å²) in [5.74, 6) is -2.24. The summed E-state index contributed by atoms with van der Waals surface area (Å²) in [7, 11) is 0. The summed E-state index contributed by atoms with van der Waals surface area (Å²) in [6, 6.07) is 8.94. The first-order valence-corrected chi connectivity index (χ1v) is 11.7. The van der Waals surface area contributed by atoms with Crippen molar-refractivity contribution in [2.45, 2.75) is 29.0 Å². The zero-order valence-corrected chi connectivity index (χ0v) is 18.7. The molecule has 1 aromatic rings. The number of benzene rings is 1. The van der Waals surface area contributed by atoms with Crippen molar-refractivity contribution in [3.63, 3.8) is 0 Å². The van der Waals surface area contributed by atoms with Crippen LogP contribution in [-0.4, -0.2) is 74.5 Å². The fraction of sp³-hybridized carbons (Fsp3) is 0.458. The van der Waals surface area contributed by atoms with Crippen LogP contribution < -0.4 is 0 Å². The number of esters is 1. The molecule has 4 heterocycles. The van der Waals surface area contributed by atoms with Gasteiger partial charge in [0, 0.05) is 24.4 Å². The van der Waals surface area contributed by atoms with Crippen LogP contribution in [0.15, 0.2) is 54.6 Å². The van der Waals surface area contributed by atoms with Gasteiger partial charge in [-0.1, -0.05) is 48.6 Å². The Labute approximate surface area is 191 Å². The number of ether oxygens (including phenoxy) is 1. The quantitative estimate of drug-likeness (QED) is 0.546. The Morgan fingerprint density at radius 3 is 2.62 bits per heavy atom. The van der Waals surface area contributed by atoms with Crippen molar-refractivity contribution in [3.05, 3.63) is 60.2 Å². The van der Waals surface area contributed by atoms with Crippen molar-refractivity contribution in [3.8, 4) is 0 Å². The smallest absolute Gasteiger partial charge is 0.311 e. The highest BCUT2D eigenvalue weighted by molar-refractivity contribution is 8.02. The number of cyclic esters (lactones) is 1. The van der Waals surface area contributed by atoms with Crippen molar-refractivity contribution in [1.82, 2.24) is 9.80 Å². The Morgan fingerprint density at radius 2 is 1.88 bits per heavy atom. The highest BCUT2D eigenvalue weighted by atomic mass is 32.2. The Morgan fingerprint density at radius 1 is 1.09 bits per heavy atom. The molecule has 1 N–H and O–H groups in total. The third kappa shape index (κ3) is 3.03. The van der Waals surface area contributed by atoms with Gasteiger partial charge in [-0.25, -0.2) is 0 Å². The van der Waals surface area contributed by atoms with Crippen molar-refractivity contribution >= 4 is 29.5 Å². The Balaban J connectivity index is 1.59. The number of amides is 2. The van der Waals surface area contributed by atoms with Crippen LogP contribution in [0.2, 0.25) is 0 Å². The number of rotatable bonds is 4. The van der Waals surface area contributed by atoms with Gasteiger partial charge < -0.3 is 19.6 Å². The molecule has 7 nitrogen and oxygen atoms in total. The van der Waals surface area contributed by atoms with Crippen LogP contribution in [0.1, 0.15) is 12.5 Å². The number of likely N-dealkylation sites (tertiary alicyclic amines) is 1. The lowest BCUT2D eigenvalue weighted by atomic mass is 9.75. The van der Waals surface area contributed by atoms with E-state index in [-0.39, 0.29) is 31.6 Å². The second kappa shape index (κ2) is 7.78. The molecule has 2 amide bonds. The predicted molar refractivity (Wildman–Crippen MR) is 119 cm³/mol. The van der Waals surface area contributed by atoms with Crippen LogP contribution in [0.4, 0.5) is 0 Å². The summed E-state index contributed by atoms with van der Waals surface area (Å²) in [6.45, 7) is 2.78. The highest BCUT2D eigenvalue weighted by Crippen LogP contribution is 2.65. The van der Waals surface area contributed by atoms with Crippen LogP contribution in [0, 0.1) is 11.8 Å². The first kappa shape index (κ1) is 21.3. The summed E-state index contributed by atoms with van der Waals surface area (Å²) in [4.78, 5) is 43.8. The molecule has 5 atom stereocenters. The monoisotopic (exact) mass is 454 g/mol. The van der Waals surface area contributed by atoms with Gasteiger partial charge in [0.1, 0.15) is 12.6 Å². The van der Waals surface area contributed by atoms with Gasteiger partial charge >= 0.3 is 5.97 Å². The van der Waals surface area contributed by atoms with Gasteiger partial charge in [-0.05, 0) is 18.6 Å². The summed E-state index contributed by atoms with van der Waals surface area (Å²) in [5, 5.41) is 9.69. The van der Waals surface area contributed by atoms with Crippen molar-refractivity contribution in [2.75, 3.05) is 26.3 Å². The molecular weight excluding hydrogens is 428 g/mol. The van der Waals surface area contributed by atoms with Gasteiger partial charge in [0.2, 0.25) is 11.8 Å². The average Bonchev–Trinajstić information content (AvgIpc) is 3.03. The third-order valence-electron chi connectivity index (χ3n) is 6.95. The van der Waals surface area contributed by atoms with E-state index in [0.29, 0.717) is 13.1 Å². The molecule has 2 fully saturated rings. The fourth-order valence-electron chi connectivity index (χ4n) is 5.70. The summed E-state index contributed by atoms with van der Waals surface area (Å²) >= 11 is 1.51. The molecule has 1 unspecified atom stereocenters. The maximum atomic E-state index is 13.9. The van der Waals surface area contributed by atoms with Crippen LogP contribution in [0.5, 0.6) is 0 Å². The molecule has 0 saturated carbocycles. The van der Waals surface area contributed by atoms with Gasteiger partial charge in [0.25, 0.3) is 0 Å². The molecule has 0 radical (unpaired) electrons. The van der Waals surface area contributed by atoms with E-state index in [2.05, 4.69) is 0 Å². The Kier molecular flexibility index (Phi) is 5.17. The number of hydrogen-bond donors (Lipinski definition) is 1. The third-order valence-corrected chi connectivity index (χ3v) is 8.75. The van der Waals surface area contributed by atoms with E-state index >= 15 is 0 Å². The Bertz CT molecular complexity index is 1010. The maximum Gasteiger partial charge on any atom is 0.311 e. The second-order valence-corrected chi connectivity index (χ2v) is 10.7. The summed E-state index contributed by atoms with van der Waals surface area (Å²) in [6.07, 6.45) is 7.68. The number of aliphatic hydroxyl groups is 1. The molecule has 8 heteroatoms. The van der Waals surface area contributed by atoms with Gasteiger partial charge in [-0.15, -0.1) is 11.8 Å². The molecule has 5 rings (SSSR count). The predicted octanol–water partition coefficient (Wildman–Crippen LogP) is 1.38. The number of fused-ring (bicyclic) bond motifs is 2. The molecule has 168 valence electrons. The lowest BCUT2D eigenvalue weighted by Gasteiger charge is -2.36. The SMILES string of the molecule is C[C@]12C=CCOC(=O)[C@H]1[C@H]1C(=O)N(CCO)C3C(=O)N(Cc4ccccc4)CC=C[C@@]31S2. The number of nitrogens with zero attached hydrogens (tertiary/aromatic N) is 2. The van der Waals surface area contributed by atoms with Gasteiger partial charge in [-0.3, -0.25) is 14.4 Å². The normalized spacial score (nSPS) is 35.8. The largest absolute Gasteiger partial charge is 0.461 e. The molecule has 1 aromatic carbocycles. The molecule has 0 aliphatic carbocycles. The van der Waals surface area contributed by atoms with Crippen molar-refractivity contribution in [1.29, 1.82) is 0 Å². The van der Waals surface area contributed by atoms with Crippen molar-refractivity contribution < 1.29 is 24.2 Å². The molecule has 32 heavy (non-hydrogen) atoms. The highest BCUT2D eigenvalue weighted by Gasteiger charge is 2.73. The van der Waals surface area contributed by atoms with Crippen LogP contribution in [0.3, 0.4) is 0 Å². The van der Waals surface area contributed by atoms with E-state index in [4.69, 9.17) is 4.74 Å². The average molecular weight is 455 g/mol. The van der Waals surface area contributed by atoms with E-state index in [1.807, 2.05) is 61.6 Å². The zero-order chi connectivity index (χ0) is 22.5. The number of carbonyl (C=O) groups is 3. The van der Waals surface area contributed by atoms with Crippen molar-refractivity contribution in [2.24, 2.45) is 11.8 Å². The number of hydrogen-bond acceptors (Lipinski definition) is 6. The fourth-order valence-corrected chi connectivity index (χ4v) is 7.85. The zero-order valence-electron chi connectivity index (χ0n) is 17.8. The topological polar surface area (TPSA) is 87.1 Å². The first-order chi connectivity index (χ1) is 15.4. The Hall–Kier alpha value is -2.58. The van der Waals surface area contributed by atoms with E-state index in [1.165, 1.54) is 16.7 Å². The van der Waals surface area contributed by atoms with E-state index < -0.39 is 33.3 Å². The minimum atomic E-state index is -0.894. The molecule has 0 bridgehead atoms. The molecule has 2 saturated heterocycles. The van der Waals surface area contributed by atoms with Gasteiger partial charge in [0.15, 0.2) is 0 Å². The lowest BCUT2D eigenvalue weighted by molar-refractivity contribution is -0.152. The molecule has 4 aliphatic heterocycles. The van der Waals surface area contributed by atoms with Crippen LogP contribution >= 0.6 is 11.8 Å². The summed E-state index contributed by atoms with van der Waals surface area (Å²) < 4.78 is 3.84. The number of aliphatic hydroxyl groups excluding tert-OH is 1. The van der Waals surface area contributed by atoms with E-state index in [0.717, 1.165) is 5.56 Å². The molecule has 4 aliphatic rings. The number of thioether (sulfide) groups is 1. The number of β-amino-alcohol motifs (C(OH)–C–C–N with tert-alkyl or cyclic N) is 1. The van der Waals surface area contributed by atoms with Gasteiger partial charge in [-0.2, -0.15) is 0 Å². The number of carbonyl (C=O) groups excluding carboxylic acids is 3. The summed E-state index contributed by atoms with van der Waals surface area (Å²) in [5.41, 5.74) is 1.00. The first-order valence-electron chi connectivity index (χ1n) is 10.9. The van der Waals surface area contributed by atoms with Gasteiger partial charge in [0.05, 0.1) is 23.2 Å². The molecule has 0 aromatic heterocycles. The van der Waals surface area contributed by atoms with E-state index in [1.54, 1.807) is 4.90 Å². The molecule has 1 spiro atoms. The molecular formula is C24H26N2O5S.